The highest BCUT2D eigenvalue weighted by Crippen LogP contribution is 2.14. The molecule has 0 fully saturated rings. The normalized spacial score (nSPS) is 13.3. The monoisotopic (exact) mass is 304 g/mol. The highest BCUT2D eigenvalue weighted by Gasteiger charge is 2.22. The molecule has 0 radical (unpaired) electrons. The van der Waals surface area contributed by atoms with Crippen molar-refractivity contribution < 1.29 is 13.2 Å². The topological polar surface area (TPSA) is 75.3 Å². The number of amides is 1. The van der Waals surface area contributed by atoms with Crippen molar-refractivity contribution in [1.82, 2.24) is 10.0 Å². The lowest BCUT2D eigenvalue weighted by molar-refractivity contribution is -0.122. The predicted octanol–water partition coefficient (Wildman–Crippen LogP) is 1.53. The standard InChI is InChI=1S/C12H17ClN2O3S/c1-8(2)14-12(16)9(3)15-19(17,18)11-6-4-10(13)5-7-11/h4-9,15H,1-3H3,(H,14,16)/t9-/m0/s1. The van der Waals surface area contributed by atoms with Gasteiger partial charge in [-0.2, -0.15) is 4.72 Å². The number of carbonyl (C=O) groups excluding carboxylic acids is 1. The first-order valence-electron chi connectivity index (χ1n) is 5.80. The third-order valence-corrected chi connectivity index (χ3v) is 4.09. The van der Waals surface area contributed by atoms with Crippen LogP contribution in [-0.2, 0) is 14.8 Å². The van der Waals surface area contributed by atoms with E-state index in [4.69, 9.17) is 11.6 Å². The molecule has 19 heavy (non-hydrogen) atoms. The molecule has 1 atom stereocenters. The molecule has 0 saturated heterocycles. The Morgan fingerprint density at radius 2 is 1.68 bits per heavy atom. The molecule has 0 aromatic heterocycles. The Balaban J connectivity index is 2.80. The van der Waals surface area contributed by atoms with E-state index in [1.54, 1.807) is 13.8 Å². The first kappa shape index (κ1) is 15.9. The van der Waals surface area contributed by atoms with Crippen LogP contribution < -0.4 is 10.0 Å². The van der Waals surface area contributed by atoms with Gasteiger partial charge in [0.2, 0.25) is 15.9 Å². The summed E-state index contributed by atoms with van der Waals surface area (Å²) in [6.45, 7) is 5.10. The van der Waals surface area contributed by atoms with E-state index in [0.29, 0.717) is 5.02 Å². The van der Waals surface area contributed by atoms with Crippen LogP contribution in [0.1, 0.15) is 20.8 Å². The fourth-order valence-electron chi connectivity index (χ4n) is 1.38. The number of hydrogen-bond donors (Lipinski definition) is 2. The lowest BCUT2D eigenvalue weighted by Crippen LogP contribution is -2.46. The molecule has 0 aliphatic rings. The lowest BCUT2D eigenvalue weighted by Gasteiger charge is -2.16. The van der Waals surface area contributed by atoms with Crippen LogP contribution in [-0.4, -0.2) is 26.4 Å². The molecule has 0 saturated carbocycles. The van der Waals surface area contributed by atoms with Crippen molar-refractivity contribution >= 4 is 27.5 Å². The van der Waals surface area contributed by atoms with E-state index in [0.717, 1.165) is 0 Å². The molecule has 0 unspecified atom stereocenters. The minimum atomic E-state index is -3.73. The van der Waals surface area contributed by atoms with E-state index in [2.05, 4.69) is 10.0 Å². The summed E-state index contributed by atoms with van der Waals surface area (Å²) in [6.07, 6.45) is 0. The molecule has 2 N–H and O–H groups in total. The second-order valence-electron chi connectivity index (χ2n) is 4.46. The second kappa shape index (κ2) is 6.36. The van der Waals surface area contributed by atoms with Gasteiger partial charge in [-0.05, 0) is 45.0 Å². The number of nitrogens with one attached hydrogen (secondary N) is 2. The van der Waals surface area contributed by atoms with Gasteiger partial charge >= 0.3 is 0 Å². The zero-order valence-corrected chi connectivity index (χ0v) is 12.5. The van der Waals surface area contributed by atoms with E-state index in [9.17, 15) is 13.2 Å². The van der Waals surface area contributed by atoms with Gasteiger partial charge in [0, 0.05) is 11.1 Å². The molecular formula is C12H17ClN2O3S. The fraction of sp³-hybridized carbons (Fsp3) is 0.417. The molecule has 1 aromatic rings. The average Bonchev–Trinajstić information content (AvgIpc) is 2.27. The summed E-state index contributed by atoms with van der Waals surface area (Å²) in [7, 11) is -3.73. The van der Waals surface area contributed by atoms with E-state index in [-0.39, 0.29) is 16.8 Å². The van der Waals surface area contributed by atoms with Crippen molar-refractivity contribution in [1.29, 1.82) is 0 Å². The highest BCUT2D eigenvalue weighted by molar-refractivity contribution is 7.89. The summed E-state index contributed by atoms with van der Waals surface area (Å²) in [5.41, 5.74) is 0. The third kappa shape index (κ3) is 4.81. The molecule has 1 aromatic carbocycles. The van der Waals surface area contributed by atoms with Crippen molar-refractivity contribution in [3.05, 3.63) is 29.3 Å². The second-order valence-corrected chi connectivity index (χ2v) is 6.61. The smallest absolute Gasteiger partial charge is 0.241 e. The van der Waals surface area contributed by atoms with Crippen LogP contribution in [0.5, 0.6) is 0 Å². The number of hydrogen-bond acceptors (Lipinski definition) is 3. The van der Waals surface area contributed by atoms with Crippen LogP contribution in [0.4, 0.5) is 0 Å². The third-order valence-electron chi connectivity index (χ3n) is 2.28. The number of carbonyl (C=O) groups is 1. The minimum absolute atomic E-state index is 0.0463. The molecule has 1 rings (SSSR count). The maximum absolute atomic E-state index is 12.0. The van der Waals surface area contributed by atoms with Gasteiger partial charge in [-0.25, -0.2) is 8.42 Å². The Hall–Kier alpha value is -1.11. The molecule has 0 bridgehead atoms. The molecule has 1 amide bonds. The largest absolute Gasteiger partial charge is 0.353 e. The zero-order valence-electron chi connectivity index (χ0n) is 11.0. The van der Waals surface area contributed by atoms with Crippen LogP contribution in [0.2, 0.25) is 5.02 Å². The molecule has 0 aliphatic heterocycles. The van der Waals surface area contributed by atoms with Gasteiger partial charge in [-0.15, -0.1) is 0 Å². The van der Waals surface area contributed by atoms with Gasteiger partial charge in [0.1, 0.15) is 0 Å². The SMILES string of the molecule is CC(C)NC(=O)[C@H](C)NS(=O)(=O)c1ccc(Cl)cc1. The van der Waals surface area contributed by atoms with Crippen LogP contribution >= 0.6 is 11.6 Å². The van der Waals surface area contributed by atoms with Crippen molar-refractivity contribution in [2.45, 2.75) is 37.8 Å². The number of sulfonamides is 1. The Labute approximate surface area is 118 Å². The first-order chi connectivity index (χ1) is 8.72. The maximum atomic E-state index is 12.0. The summed E-state index contributed by atoms with van der Waals surface area (Å²) in [5, 5.41) is 3.09. The predicted molar refractivity (Wildman–Crippen MR) is 74.5 cm³/mol. The molecule has 106 valence electrons. The van der Waals surface area contributed by atoms with E-state index >= 15 is 0 Å². The quantitative estimate of drug-likeness (QED) is 0.866. The summed E-state index contributed by atoms with van der Waals surface area (Å²) in [4.78, 5) is 11.7. The molecule has 7 heteroatoms. The minimum Gasteiger partial charge on any atom is -0.353 e. The van der Waals surface area contributed by atoms with Gasteiger partial charge in [0.05, 0.1) is 10.9 Å². The van der Waals surface area contributed by atoms with Gasteiger partial charge in [-0.3, -0.25) is 4.79 Å². The Morgan fingerprint density at radius 1 is 1.16 bits per heavy atom. The summed E-state index contributed by atoms with van der Waals surface area (Å²) in [5.74, 6) is -0.368. The van der Waals surface area contributed by atoms with Crippen molar-refractivity contribution in [2.75, 3.05) is 0 Å². The lowest BCUT2D eigenvalue weighted by atomic mass is 10.3. The Kier molecular flexibility index (Phi) is 5.34. The van der Waals surface area contributed by atoms with Gasteiger partial charge in [0.15, 0.2) is 0 Å². The molecule has 0 heterocycles. The van der Waals surface area contributed by atoms with Crippen LogP contribution in [0.15, 0.2) is 29.2 Å². The molecular weight excluding hydrogens is 288 g/mol. The van der Waals surface area contributed by atoms with Crippen molar-refractivity contribution in [3.8, 4) is 0 Å². The van der Waals surface area contributed by atoms with Gasteiger partial charge in [-0.1, -0.05) is 11.6 Å². The summed E-state index contributed by atoms with van der Waals surface area (Å²) < 4.78 is 26.3. The van der Waals surface area contributed by atoms with E-state index in [1.807, 2.05) is 0 Å². The van der Waals surface area contributed by atoms with E-state index in [1.165, 1.54) is 31.2 Å². The number of halogens is 1. The Morgan fingerprint density at radius 3 is 2.16 bits per heavy atom. The zero-order chi connectivity index (χ0) is 14.6. The van der Waals surface area contributed by atoms with Crippen LogP contribution in [0.25, 0.3) is 0 Å². The van der Waals surface area contributed by atoms with Gasteiger partial charge < -0.3 is 5.32 Å². The summed E-state index contributed by atoms with van der Waals surface area (Å²) >= 11 is 5.70. The number of rotatable bonds is 5. The van der Waals surface area contributed by atoms with Crippen LogP contribution in [0.3, 0.4) is 0 Å². The van der Waals surface area contributed by atoms with Crippen LogP contribution in [0, 0.1) is 0 Å². The average molecular weight is 305 g/mol. The fourth-order valence-corrected chi connectivity index (χ4v) is 2.71. The van der Waals surface area contributed by atoms with Gasteiger partial charge in [0.25, 0.3) is 0 Å². The Bertz CT molecular complexity index is 541. The first-order valence-corrected chi connectivity index (χ1v) is 7.67. The number of benzene rings is 1. The van der Waals surface area contributed by atoms with E-state index < -0.39 is 16.1 Å². The highest BCUT2D eigenvalue weighted by atomic mass is 35.5. The molecule has 0 spiro atoms. The summed E-state index contributed by atoms with van der Waals surface area (Å²) in [6, 6.07) is 4.84. The molecule has 5 nitrogen and oxygen atoms in total. The van der Waals surface area contributed by atoms with Crippen molar-refractivity contribution in [2.24, 2.45) is 0 Å². The van der Waals surface area contributed by atoms with Crippen molar-refractivity contribution in [3.63, 3.8) is 0 Å². The molecule has 0 aliphatic carbocycles. The maximum Gasteiger partial charge on any atom is 0.241 e.